The van der Waals surface area contributed by atoms with E-state index in [1.807, 2.05) is 30.3 Å². The minimum Gasteiger partial charge on any atom is -0.444 e. The molecule has 116 valence electrons. The average Bonchev–Trinajstić information content (AvgIpc) is 2.45. The van der Waals surface area contributed by atoms with Gasteiger partial charge in [0.25, 0.3) is 0 Å². The summed E-state index contributed by atoms with van der Waals surface area (Å²) in [5.41, 5.74) is 7.43. The van der Waals surface area contributed by atoms with E-state index in [9.17, 15) is 4.79 Å². The van der Waals surface area contributed by atoms with E-state index in [2.05, 4.69) is 15.3 Å². The normalized spacial score (nSPS) is 11.0. The zero-order valence-electron chi connectivity index (χ0n) is 13.0. The third kappa shape index (κ3) is 4.44. The van der Waals surface area contributed by atoms with Crippen molar-refractivity contribution in [2.75, 3.05) is 5.73 Å². The van der Waals surface area contributed by atoms with E-state index >= 15 is 0 Å². The van der Waals surface area contributed by atoms with Gasteiger partial charge in [-0.15, -0.1) is 0 Å². The number of anilines is 1. The smallest absolute Gasteiger partial charge is 0.408 e. The van der Waals surface area contributed by atoms with Gasteiger partial charge in [-0.25, -0.2) is 14.8 Å². The van der Waals surface area contributed by atoms with Crippen molar-refractivity contribution < 1.29 is 9.53 Å². The summed E-state index contributed by atoms with van der Waals surface area (Å²) in [5, 5.41) is 2.63. The molecular formula is C16H20N4O2. The first-order valence-electron chi connectivity index (χ1n) is 6.99. The van der Waals surface area contributed by atoms with E-state index in [0.717, 1.165) is 5.56 Å². The van der Waals surface area contributed by atoms with E-state index < -0.39 is 11.7 Å². The SMILES string of the molecule is CC(C)(C)OC(=O)NCc1ncc(N)c(-c2ccccc2)n1. The van der Waals surface area contributed by atoms with E-state index in [1.54, 1.807) is 27.0 Å². The summed E-state index contributed by atoms with van der Waals surface area (Å²) in [7, 11) is 0. The predicted molar refractivity (Wildman–Crippen MR) is 85.0 cm³/mol. The van der Waals surface area contributed by atoms with Crippen LogP contribution in [0.2, 0.25) is 0 Å². The van der Waals surface area contributed by atoms with Crippen LogP contribution in [0.4, 0.5) is 10.5 Å². The minimum atomic E-state index is -0.540. The molecule has 0 spiro atoms. The molecule has 0 aliphatic carbocycles. The summed E-state index contributed by atoms with van der Waals surface area (Å²) in [6.45, 7) is 5.59. The molecule has 22 heavy (non-hydrogen) atoms. The Hall–Kier alpha value is -2.63. The highest BCUT2D eigenvalue weighted by Gasteiger charge is 2.16. The number of nitrogens with one attached hydrogen (secondary N) is 1. The van der Waals surface area contributed by atoms with Gasteiger partial charge in [-0.3, -0.25) is 0 Å². The summed E-state index contributed by atoms with van der Waals surface area (Å²) in [4.78, 5) is 20.2. The van der Waals surface area contributed by atoms with Crippen LogP contribution in [-0.4, -0.2) is 21.7 Å². The number of rotatable bonds is 3. The molecule has 0 atom stereocenters. The summed E-state index contributed by atoms with van der Waals surface area (Å²) < 4.78 is 5.17. The van der Waals surface area contributed by atoms with Crippen molar-refractivity contribution >= 4 is 11.8 Å². The molecule has 0 saturated heterocycles. The number of nitrogens with zero attached hydrogens (tertiary/aromatic N) is 2. The Balaban J connectivity index is 2.09. The molecule has 1 amide bonds. The van der Waals surface area contributed by atoms with Gasteiger partial charge in [0.05, 0.1) is 24.1 Å². The number of carbonyl (C=O) groups is 1. The largest absolute Gasteiger partial charge is 0.444 e. The van der Waals surface area contributed by atoms with E-state index in [1.165, 1.54) is 0 Å². The zero-order chi connectivity index (χ0) is 16.2. The van der Waals surface area contributed by atoms with Gasteiger partial charge >= 0.3 is 6.09 Å². The van der Waals surface area contributed by atoms with Crippen LogP contribution in [0.1, 0.15) is 26.6 Å². The molecule has 2 rings (SSSR count). The predicted octanol–water partition coefficient (Wildman–Crippen LogP) is 2.75. The molecule has 6 heteroatoms. The van der Waals surface area contributed by atoms with Gasteiger partial charge in [-0.05, 0) is 20.8 Å². The van der Waals surface area contributed by atoms with Crippen molar-refractivity contribution in [3.63, 3.8) is 0 Å². The number of hydrogen-bond donors (Lipinski definition) is 2. The van der Waals surface area contributed by atoms with E-state index in [-0.39, 0.29) is 6.54 Å². The van der Waals surface area contributed by atoms with Gasteiger partial charge in [0.1, 0.15) is 11.4 Å². The highest BCUT2D eigenvalue weighted by Crippen LogP contribution is 2.22. The van der Waals surface area contributed by atoms with Crippen molar-refractivity contribution in [1.82, 2.24) is 15.3 Å². The number of alkyl carbamates (subject to hydrolysis) is 1. The Morgan fingerprint density at radius 3 is 2.59 bits per heavy atom. The lowest BCUT2D eigenvalue weighted by molar-refractivity contribution is 0.0522. The first-order chi connectivity index (χ1) is 10.3. The van der Waals surface area contributed by atoms with Crippen LogP contribution < -0.4 is 11.1 Å². The van der Waals surface area contributed by atoms with Gasteiger partial charge in [0.15, 0.2) is 0 Å². The monoisotopic (exact) mass is 300 g/mol. The minimum absolute atomic E-state index is 0.176. The first kappa shape index (κ1) is 15.8. The summed E-state index contributed by atoms with van der Waals surface area (Å²) in [6, 6.07) is 9.59. The second kappa shape index (κ2) is 6.43. The van der Waals surface area contributed by atoms with Crippen LogP contribution >= 0.6 is 0 Å². The van der Waals surface area contributed by atoms with Crippen LogP contribution in [0.5, 0.6) is 0 Å². The Morgan fingerprint density at radius 1 is 1.27 bits per heavy atom. The quantitative estimate of drug-likeness (QED) is 0.909. The molecule has 1 heterocycles. The van der Waals surface area contributed by atoms with Crippen molar-refractivity contribution in [1.29, 1.82) is 0 Å². The van der Waals surface area contributed by atoms with Crippen LogP contribution in [-0.2, 0) is 11.3 Å². The number of nitrogen functional groups attached to an aromatic ring is 1. The second-order valence-corrected chi connectivity index (χ2v) is 5.81. The number of aromatic nitrogens is 2. The van der Waals surface area contributed by atoms with Crippen LogP contribution in [0.15, 0.2) is 36.5 Å². The molecule has 0 aliphatic rings. The number of amides is 1. The van der Waals surface area contributed by atoms with Gasteiger partial charge in [-0.2, -0.15) is 0 Å². The van der Waals surface area contributed by atoms with Gasteiger partial charge in [0, 0.05) is 5.56 Å². The zero-order valence-corrected chi connectivity index (χ0v) is 13.0. The maximum atomic E-state index is 11.6. The topological polar surface area (TPSA) is 90.1 Å². The highest BCUT2D eigenvalue weighted by atomic mass is 16.6. The molecule has 0 saturated carbocycles. The second-order valence-electron chi connectivity index (χ2n) is 5.81. The van der Waals surface area contributed by atoms with Crippen LogP contribution in [0.25, 0.3) is 11.3 Å². The third-order valence-corrected chi connectivity index (χ3v) is 2.70. The average molecular weight is 300 g/mol. The fourth-order valence-corrected chi connectivity index (χ4v) is 1.81. The standard InChI is InChI=1S/C16H20N4O2/c1-16(2,3)22-15(21)19-10-13-18-9-12(17)14(20-13)11-7-5-4-6-8-11/h4-9H,10,17H2,1-3H3,(H,19,21). The number of nitrogens with two attached hydrogens (primary N) is 1. The number of benzene rings is 1. The van der Waals surface area contributed by atoms with Crippen molar-refractivity contribution in [3.8, 4) is 11.3 Å². The Labute approximate surface area is 129 Å². The molecular weight excluding hydrogens is 280 g/mol. The lowest BCUT2D eigenvalue weighted by atomic mass is 10.1. The van der Waals surface area contributed by atoms with Crippen LogP contribution in [0, 0.1) is 0 Å². The lowest BCUT2D eigenvalue weighted by Gasteiger charge is -2.19. The fraction of sp³-hybridized carbons (Fsp3) is 0.312. The molecule has 0 fully saturated rings. The Bertz CT molecular complexity index is 651. The molecule has 6 nitrogen and oxygen atoms in total. The van der Waals surface area contributed by atoms with E-state index in [0.29, 0.717) is 17.2 Å². The van der Waals surface area contributed by atoms with Crippen LogP contribution in [0.3, 0.4) is 0 Å². The molecule has 2 aromatic rings. The Morgan fingerprint density at radius 2 is 1.95 bits per heavy atom. The molecule has 1 aromatic carbocycles. The maximum absolute atomic E-state index is 11.6. The Kier molecular flexibility index (Phi) is 4.60. The summed E-state index contributed by atoms with van der Waals surface area (Å²) in [6.07, 6.45) is 1.04. The molecule has 0 bridgehead atoms. The van der Waals surface area contributed by atoms with Gasteiger partial charge in [0.2, 0.25) is 0 Å². The number of carbonyl (C=O) groups excluding carboxylic acids is 1. The molecule has 0 unspecified atom stereocenters. The van der Waals surface area contributed by atoms with Crippen molar-refractivity contribution in [3.05, 3.63) is 42.4 Å². The summed E-state index contributed by atoms with van der Waals surface area (Å²) in [5.74, 6) is 0.471. The van der Waals surface area contributed by atoms with Gasteiger partial charge < -0.3 is 15.8 Å². The van der Waals surface area contributed by atoms with E-state index in [4.69, 9.17) is 10.5 Å². The third-order valence-electron chi connectivity index (χ3n) is 2.70. The molecule has 1 aromatic heterocycles. The van der Waals surface area contributed by atoms with Gasteiger partial charge in [-0.1, -0.05) is 30.3 Å². The maximum Gasteiger partial charge on any atom is 0.408 e. The number of hydrogen-bond acceptors (Lipinski definition) is 5. The summed E-state index contributed by atoms with van der Waals surface area (Å²) >= 11 is 0. The highest BCUT2D eigenvalue weighted by molar-refractivity contribution is 5.71. The van der Waals surface area contributed by atoms with Crippen molar-refractivity contribution in [2.24, 2.45) is 0 Å². The molecule has 0 radical (unpaired) electrons. The molecule has 3 N–H and O–H groups in total. The number of ether oxygens (including phenoxy) is 1. The first-order valence-corrected chi connectivity index (χ1v) is 6.99. The lowest BCUT2D eigenvalue weighted by Crippen LogP contribution is -2.32. The molecule has 0 aliphatic heterocycles. The van der Waals surface area contributed by atoms with Crippen molar-refractivity contribution in [2.45, 2.75) is 32.9 Å². The fourth-order valence-electron chi connectivity index (χ4n) is 1.81.